The van der Waals surface area contributed by atoms with Gasteiger partial charge in [-0.25, -0.2) is 0 Å². The van der Waals surface area contributed by atoms with E-state index in [1.807, 2.05) is 6.92 Å². The van der Waals surface area contributed by atoms with Crippen LogP contribution in [0.3, 0.4) is 0 Å². The molecule has 2 heteroatoms. The van der Waals surface area contributed by atoms with Crippen LogP contribution in [0.5, 0.6) is 5.75 Å². The minimum Gasteiger partial charge on any atom is -0.494 e. The van der Waals surface area contributed by atoms with Crippen LogP contribution in [0.15, 0.2) is 24.3 Å². The van der Waals surface area contributed by atoms with Crippen molar-refractivity contribution in [2.75, 3.05) is 13.7 Å². The van der Waals surface area contributed by atoms with Gasteiger partial charge in [0.05, 0.1) is 6.61 Å². The van der Waals surface area contributed by atoms with Crippen LogP contribution < -0.4 is 10.1 Å². The molecule has 0 amide bonds. The Morgan fingerprint density at radius 3 is 2.75 bits per heavy atom. The molecule has 0 aromatic heterocycles. The molecule has 0 radical (unpaired) electrons. The second-order valence-corrected chi connectivity index (χ2v) is 5.89. The Kier molecular flexibility index (Phi) is 5.90. The van der Waals surface area contributed by atoms with Gasteiger partial charge in [0.2, 0.25) is 0 Å². The molecule has 0 bridgehead atoms. The highest BCUT2D eigenvalue weighted by molar-refractivity contribution is 5.31. The van der Waals surface area contributed by atoms with Crippen molar-refractivity contribution in [2.24, 2.45) is 11.8 Å². The van der Waals surface area contributed by atoms with E-state index in [2.05, 4.69) is 43.6 Å². The minimum absolute atomic E-state index is 0.459. The van der Waals surface area contributed by atoms with Crippen molar-refractivity contribution in [1.29, 1.82) is 0 Å². The maximum absolute atomic E-state index is 5.65. The van der Waals surface area contributed by atoms with Crippen LogP contribution in [0.1, 0.15) is 57.6 Å². The molecule has 2 nitrogen and oxygen atoms in total. The predicted molar refractivity (Wildman–Crippen MR) is 85.2 cm³/mol. The van der Waals surface area contributed by atoms with Crippen molar-refractivity contribution < 1.29 is 4.74 Å². The largest absolute Gasteiger partial charge is 0.494 e. The maximum atomic E-state index is 5.65. The van der Waals surface area contributed by atoms with Crippen LogP contribution in [0.4, 0.5) is 0 Å². The van der Waals surface area contributed by atoms with Crippen LogP contribution in [0.2, 0.25) is 0 Å². The summed E-state index contributed by atoms with van der Waals surface area (Å²) in [5.74, 6) is 2.61. The molecule has 3 atom stereocenters. The fourth-order valence-electron chi connectivity index (χ4n) is 3.77. The molecule has 1 aliphatic carbocycles. The third kappa shape index (κ3) is 3.54. The van der Waals surface area contributed by atoms with Crippen LogP contribution in [0.25, 0.3) is 0 Å². The minimum atomic E-state index is 0.459. The Bertz CT molecular complexity index is 404. The zero-order valence-electron chi connectivity index (χ0n) is 13.2. The first-order valence-corrected chi connectivity index (χ1v) is 8.20. The molecule has 0 heterocycles. The summed E-state index contributed by atoms with van der Waals surface area (Å²) in [6.07, 6.45) is 6.83. The number of benzene rings is 1. The van der Waals surface area contributed by atoms with Gasteiger partial charge in [-0.2, -0.15) is 0 Å². The molecule has 0 saturated heterocycles. The van der Waals surface area contributed by atoms with Crippen LogP contribution in [-0.2, 0) is 0 Å². The van der Waals surface area contributed by atoms with E-state index in [4.69, 9.17) is 4.74 Å². The maximum Gasteiger partial charge on any atom is 0.119 e. The van der Waals surface area contributed by atoms with Crippen molar-refractivity contribution >= 4 is 0 Å². The molecular formula is C18H29NO. The fraction of sp³-hybridized carbons (Fsp3) is 0.667. The van der Waals surface area contributed by atoms with Gasteiger partial charge in [-0.15, -0.1) is 0 Å². The van der Waals surface area contributed by atoms with Gasteiger partial charge in [0, 0.05) is 6.04 Å². The van der Waals surface area contributed by atoms with Gasteiger partial charge in [0.1, 0.15) is 5.75 Å². The predicted octanol–water partition coefficient (Wildman–Crippen LogP) is 4.56. The summed E-state index contributed by atoms with van der Waals surface area (Å²) in [4.78, 5) is 0. The van der Waals surface area contributed by atoms with E-state index in [0.29, 0.717) is 6.04 Å². The summed E-state index contributed by atoms with van der Waals surface area (Å²) in [7, 11) is 2.10. The summed E-state index contributed by atoms with van der Waals surface area (Å²) in [5.41, 5.74) is 1.38. The molecule has 1 aromatic rings. The van der Waals surface area contributed by atoms with E-state index in [1.165, 1.54) is 37.7 Å². The van der Waals surface area contributed by atoms with Gasteiger partial charge in [-0.3, -0.25) is 0 Å². The molecule has 20 heavy (non-hydrogen) atoms. The van der Waals surface area contributed by atoms with Crippen molar-refractivity contribution in [3.63, 3.8) is 0 Å². The average Bonchev–Trinajstić information content (AvgIpc) is 2.49. The van der Waals surface area contributed by atoms with E-state index in [1.54, 1.807) is 0 Å². The molecule has 1 N–H and O–H groups in total. The lowest BCUT2D eigenvalue weighted by Gasteiger charge is -2.37. The number of nitrogens with one attached hydrogen (secondary N) is 1. The van der Waals surface area contributed by atoms with Gasteiger partial charge < -0.3 is 10.1 Å². The monoisotopic (exact) mass is 275 g/mol. The third-order valence-corrected chi connectivity index (χ3v) is 4.76. The number of rotatable bonds is 6. The van der Waals surface area contributed by atoms with Gasteiger partial charge >= 0.3 is 0 Å². The second kappa shape index (κ2) is 7.68. The van der Waals surface area contributed by atoms with Crippen molar-refractivity contribution in [3.05, 3.63) is 29.8 Å². The van der Waals surface area contributed by atoms with Gasteiger partial charge in [0.25, 0.3) is 0 Å². The van der Waals surface area contributed by atoms with E-state index in [-0.39, 0.29) is 0 Å². The number of hydrogen-bond acceptors (Lipinski definition) is 2. The highest BCUT2D eigenvalue weighted by Gasteiger charge is 2.30. The zero-order valence-corrected chi connectivity index (χ0v) is 13.2. The Morgan fingerprint density at radius 2 is 2.05 bits per heavy atom. The normalized spacial score (nSPS) is 24.4. The summed E-state index contributed by atoms with van der Waals surface area (Å²) in [6.45, 7) is 5.11. The molecule has 2 rings (SSSR count). The fourth-order valence-corrected chi connectivity index (χ4v) is 3.77. The van der Waals surface area contributed by atoms with Gasteiger partial charge in [-0.05, 0) is 49.9 Å². The Hall–Kier alpha value is -1.02. The van der Waals surface area contributed by atoms with Crippen molar-refractivity contribution in [3.8, 4) is 5.75 Å². The summed E-state index contributed by atoms with van der Waals surface area (Å²) in [6, 6.07) is 9.09. The third-order valence-electron chi connectivity index (χ3n) is 4.76. The average molecular weight is 275 g/mol. The van der Waals surface area contributed by atoms with Crippen LogP contribution in [0, 0.1) is 11.8 Å². The smallest absolute Gasteiger partial charge is 0.119 e. The van der Waals surface area contributed by atoms with E-state index in [0.717, 1.165) is 24.2 Å². The molecule has 1 saturated carbocycles. The topological polar surface area (TPSA) is 21.3 Å². The lowest BCUT2D eigenvalue weighted by Crippen LogP contribution is -2.32. The summed E-state index contributed by atoms with van der Waals surface area (Å²) < 4.78 is 5.65. The van der Waals surface area contributed by atoms with Gasteiger partial charge in [0.15, 0.2) is 0 Å². The summed E-state index contributed by atoms with van der Waals surface area (Å²) in [5, 5.41) is 3.57. The molecule has 0 aliphatic heterocycles. The first kappa shape index (κ1) is 15.4. The Morgan fingerprint density at radius 1 is 1.25 bits per heavy atom. The highest BCUT2D eigenvalue weighted by Crippen LogP contribution is 2.40. The molecule has 1 aliphatic rings. The Labute approximate surface area is 123 Å². The quantitative estimate of drug-likeness (QED) is 0.821. The van der Waals surface area contributed by atoms with Crippen molar-refractivity contribution in [1.82, 2.24) is 5.32 Å². The molecule has 3 unspecified atom stereocenters. The molecule has 1 aromatic carbocycles. The van der Waals surface area contributed by atoms with E-state index >= 15 is 0 Å². The SMILES string of the molecule is CCOc1cccc(C(NC)C2CCCCC2CC)c1. The van der Waals surface area contributed by atoms with Gasteiger partial charge in [-0.1, -0.05) is 44.7 Å². The van der Waals surface area contributed by atoms with E-state index < -0.39 is 0 Å². The number of ether oxygens (including phenoxy) is 1. The Balaban J connectivity index is 2.19. The second-order valence-electron chi connectivity index (χ2n) is 5.89. The first-order chi connectivity index (χ1) is 9.80. The van der Waals surface area contributed by atoms with Crippen LogP contribution >= 0.6 is 0 Å². The molecule has 0 spiro atoms. The summed E-state index contributed by atoms with van der Waals surface area (Å²) >= 11 is 0. The standard InChI is InChI=1S/C18H29NO/c1-4-14-9-6-7-12-17(14)18(19-3)15-10-8-11-16(13-15)20-5-2/h8,10-11,13-14,17-19H,4-7,9,12H2,1-3H3. The van der Waals surface area contributed by atoms with E-state index in [9.17, 15) is 0 Å². The van der Waals surface area contributed by atoms with Crippen LogP contribution in [-0.4, -0.2) is 13.7 Å². The lowest BCUT2D eigenvalue weighted by molar-refractivity contribution is 0.180. The zero-order chi connectivity index (χ0) is 14.4. The van der Waals surface area contributed by atoms with Crippen molar-refractivity contribution in [2.45, 2.75) is 52.0 Å². The molecular weight excluding hydrogens is 246 g/mol. The molecule has 112 valence electrons. The highest BCUT2D eigenvalue weighted by atomic mass is 16.5. The molecule has 1 fully saturated rings. The first-order valence-electron chi connectivity index (χ1n) is 8.20. The number of hydrogen-bond donors (Lipinski definition) is 1. The lowest BCUT2D eigenvalue weighted by atomic mass is 9.72.